The fourth-order valence-electron chi connectivity index (χ4n) is 2.14. The lowest BCUT2D eigenvalue weighted by atomic mass is 10.0. The van der Waals surface area contributed by atoms with Crippen LogP contribution in [0.2, 0.25) is 0 Å². The Labute approximate surface area is 139 Å². The van der Waals surface area contributed by atoms with Gasteiger partial charge in [0.2, 0.25) is 0 Å². The van der Waals surface area contributed by atoms with Gasteiger partial charge in [-0.05, 0) is 25.0 Å². The number of para-hydroxylation sites is 2. The molecule has 0 fully saturated rings. The number of unbranched alkanes of at least 4 members (excludes halogenated alkanes) is 3. The molecule has 0 spiro atoms. The molecule has 0 saturated heterocycles. The van der Waals surface area contributed by atoms with Crippen molar-refractivity contribution in [1.82, 2.24) is 0 Å². The summed E-state index contributed by atoms with van der Waals surface area (Å²) in [6, 6.07) is 6.81. The molecule has 1 unspecified atom stereocenters. The second-order valence-electron chi connectivity index (χ2n) is 5.84. The lowest BCUT2D eigenvalue weighted by Crippen LogP contribution is -2.18. The van der Waals surface area contributed by atoms with Crippen LogP contribution in [0.5, 0.6) is 11.5 Å². The first kappa shape index (κ1) is 19.2. The molecular weight excluding hydrogens is 292 g/mol. The van der Waals surface area contributed by atoms with Crippen LogP contribution in [0.3, 0.4) is 0 Å². The normalized spacial score (nSPS) is 11.8. The van der Waals surface area contributed by atoms with E-state index in [9.17, 15) is 9.59 Å². The first-order valence-corrected chi connectivity index (χ1v) is 8.59. The minimum Gasteiger partial charge on any atom is -0.423 e. The highest BCUT2D eigenvalue weighted by atomic mass is 16.6. The molecule has 1 aromatic rings. The zero-order valence-corrected chi connectivity index (χ0v) is 14.5. The molecule has 1 aromatic carbocycles. The highest BCUT2D eigenvalue weighted by Gasteiger charge is 2.18. The summed E-state index contributed by atoms with van der Waals surface area (Å²) >= 11 is 0. The molecule has 1 atom stereocenters. The smallest absolute Gasteiger partial charge is 0.314 e. The van der Waals surface area contributed by atoms with Crippen LogP contribution in [0, 0.1) is 5.92 Å². The Bertz CT molecular complexity index is 496. The topological polar surface area (TPSA) is 52.6 Å². The summed E-state index contributed by atoms with van der Waals surface area (Å²) in [4.78, 5) is 23.9. The second kappa shape index (κ2) is 10.8. The number of carbonyl (C=O) groups excluding carboxylic acids is 2. The maximum Gasteiger partial charge on any atom is 0.314 e. The van der Waals surface area contributed by atoms with Gasteiger partial charge >= 0.3 is 11.9 Å². The molecule has 4 heteroatoms. The number of hydrogen-bond donors (Lipinski definition) is 0. The molecule has 0 N–H and O–H groups in total. The van der Waals surface area contributed by atoms with E-state index in [1.54, 1.807) is 24.3 Å². The van der Waals surface area contributed by atoms with E-state index in [4.69, 9.17) is 9.47 Å². The Morgan fingerprint density at radius 3 is 2.17 bits per heavy atom. The van der Waals surface area contributed by atoms with Crippen molar-refractivity contribution in [2.75, 3.05) is 0 Å². The van der Waals surface area contributed by atoms with E-state index < -0.39 is 0 Å². The summed E-state index contributed by atoms with van der Waals surface area (Å²) in [6.45, 7) is 6.02. The van der Waals surface area contributed by atoms with E-state index in [-0.39, 0.29) is 17.9 Å². The van der Waals surface area contributed by atoms with Gasteiger partial charge in [-0.3, -0.25) is 9.59 Å². The Hall–Kier alpha value is -1.84. The van der Waals surface area contributed by atoms with E-state index in [0.717, 1.165) is 38.5 Å². The number of benzene rings is 1. The summed E-state index contributed by atoms with van der Waals surface area (Å²) in [5.41, 5.74) is 0. The third-order valence-electron chi connectivity index (χ3n) is 3.66. The molecule has 0 saturated carbocycles. The minimum absolute atomic E-state index is 0.162. The zero-order valence-electron chi connectivity index (χ0n) is 14.5. The summed E-state index contributed by atoms with van der Waals surface area (Å²) in [5, 5.41) is 0. The van der Waals surface area contributed by atoms with E-state index >= 15 is 0 Å². The van der Waals surface area contributed by atoms with Gasteiger partial charge in [0.1, 0.15) is 0 Å². The van der Waals surface area contributed by atoms with Gasteiger partial charge in [-0.2, -0.15) is 0 Å². The van der Waals surface area contributed by atoms with Gasteiger partial charge in [0.25, 0.3) is 0 Å². The number of hydrogen-bond acceptors (Lipinski definition) is 4. The van der Waals surface area contributed by atoms with E-state index in [1.807, 2.05) is 13.8 Å². The zero-order chi connectivity index (χ0) is 17.1. The van der Waals surface area contributed by atoms with Gasteiger partial charge in [0, 0.05) is 6.42 Å². The molecule has 0 aliphatic rings. The number of esters is 2. The van der Waals surface area contributed by atoms with Crippen LogP contribution in [-0.2, 0) is 9.59 Å². The van der Waals surface area contributed by atoms with Gasteiger partial charge < -0.3 is 9.47 Å². The predicted octanol–water partition coefficient (Wildman–Crippen LogP) is 4.90. The van der Waals surface area contributed by atoms with E-state index in [2.05, 4.69) is 6.92 Å². The number of rotatable bonds is 10. The van der Waals surface area contributed by atoms with Crippen molar-refractivity contribution in [2.45, 2.75) is 65.7 Å². The molecule has 0 radical (unpaired) electrons. The number of ether oxygens (including phenoxy) is 2. The largest absolute Gasteiger partial charge is 0.423 e. The van der Waals surface area contributed by atoms with Crippen LogP contribution in [0.15, 0.2) is 24.3 Å². The second-order valence-corrected chi connectivity index (χ2v) is 5.84. The summed E-state index contributed by atoms with van der Waals surface area (Å²) < 4.78 is 10.7. The third kappa shape index (κ3) is 7.31. The SMILES string of the molecule is CCCCCC(C)C(=O)Oc1ccccc1OC(=O)CCCC. The third-order valence-corrected chi connectivity index (χ3v) is 3.66. The van der Waals surface area contributed by atoms with Crippen LogP contribution in [-0.4, -0.2) is 11.9 Å². The van der Waals surface area contributed by atoms with E-state index in [1.165, 1.54) is 0 Å². The van der Waals surface area contributed by atoms with Crippen LogP contribution in [0.4, 0.5) is 0 Å². The molecule has 128 valence electrons. The van der Waals surface area contributed by atoms with Crippen molar-refractivity contribution in [2.24, 2.45) is 5.92 Å². The Morgan fingerprint density at radius 2 is 1.57 bits per heavy atom. The maximum absolute atomic E-state index is 12.2. The van der Waals surface area contributed by atoms with Gasteiger partial charge in [0.05, 0.1) is 5.92 Å². The van der Waals surface area contributed by atoms with Gasteiger partial charge in [-0.1, -0.05) is 58.6 Å². The number of carbonyl (C=O) groups is 2. The van der Waals surface area contributed by atoms with Crippen LogP contribution < -0.4 is 9.47 Å². The monoisotopic (exact) mass is 320 g/mol. The van der Waals surface area contributed by atoms with Crippen LogP contribution in [0.1, 0.15) is 65.7 Å². The molecule has 0 heterocycles. The summed E-state index contributed by atoms with van der Waals surface area (Å²) in [6.07, 6.45) is 6.15. The predicted molar refractivity (Wildman–Crippen MR) is 90.5 cm³/mol. The summed E-state index contributed by atoms with van der Waals surface area (Å²) in [5.74, 6) is -0.123. The molecule has 0 aliphatic carbocycles. The molecule has 1 rings (SSSR count). The molecular formula is C19H28O4. The Morgan fingerprint density at radius 1 is 0.957 bits per heavy atom. The van der Waals surface area contributed by atoms with Gasteiger partial charge in [-0.25, -0.2) is 0 Å². The lowest BCUT2D eigenvalue weighted by Gasteiger charge is -2.13. The first-order valence-electron chi connectivity index (χ1n) is 8.59. The lowest BCUT2D eigenvalue weighted by molar-refractivity contribution is -0.140. The molecule has 23 heavy (non-hydrogen) atoms. The quantitative estimate of drug-likeness (QED) is 0.349. The average molecular weight is 320 g/mol. The van der Waals surface area contributed by atoms with Crippen LogP contribution >= 0.6 is 0 Å². The fourth-order valence-corrected chi connectivity index (χ4v) is 2.14. The Balaban J connectivity index is 2.62. The molecule has 0 aromatic heterocycles. The molecule has 4 nitrogen and oxygen atoms in total. The molecule has 0 aliphatic heterocycles. The van der Waals surface area contributed by atoms with Crippen molar-refractivity contribution in [3.05, 3.63) is 24.3 Å². The van der Waals surface area contributed by atoms with Crippen molar-refractivity contribution in [1.29, 1.82) is 0 Å². The molecule has 0 amide bonds. The van der Waals surface area contributed by atoms with Crippen molar-refractivity contribution in [3.63, 3.8) is 0 Å². The van der Waals surface area contributed by atoms with Crippen LogP contribution in [0.25, 0.3) is 0 Å². The molecule has 0 bridgehead atoms. The maximum atomic E-state index is 12.2. The fraction of sp³-hybridized carbons (Fsp3) is 0.579. The van der Waals surface area contributed by atoms with E-state index in [0.29, 0.717) is 17.9 Å². The minimum atomic E-state index is -0.300. The summed E-state index contributed by atoms with van der Waals surface area (Å²) in [7, 11) is 0. The Kier molecular flexibility index (Phi) is 9.03. The standard InChI is InChI=1S/C19H28O4/c1-4-6-8-11-15(3)19(21)23-17-13-10-9-12-16(17)22-18(20)14-7-5-2/h9-10,12-13,15H,4-8,11,14H2,1-3H3. The first-order chi connectivity index (χ1) is 11.1. The highest BCUT2D eigenvalue weighted by molar-refractivity contribution is 5.77. The van der Waals surface area contributed by atoms with Crippen molar-refractivity contribution >= 4 is 11.9 Å². The van der Waals surface area contributed by atoms with Crippen molar-refractivity contribution in [3.8, 4) is 11.5 Å². The van der Waals surface area contributed by atoms with Gasteiger partial charge in [-0.15, -0.1) is 0 Å². The van der Waals surface area contributed by atoms with Crippen molar-refractivity contribution < 1.29 is 19.1 Å². The average Bonchev–Trinajstić information content (AvgIpc) is 2.54. The van der Waals surface area contributed by atoms with Gasteiger partial charge in [0.15, 0.2) is 11.5 Å². The highest BCUT2D eigenvalue weighted by Crippen LogP contribution is 2.28.